The topological polar surface area (TPSA) is 29.3 Å². The van der Waals surface area contributed by atoms with Crippen molar-refractivity contribution in [3.8, 4) is 0 Å². The molecule has 0 radical (unpaired) electrons. The molecule has 0 atom stereocenters. The Morgan fingerprint density at radius 3 is 2.00 bits per heavy atom. The second-order valence-corrected chi connectivity index (χ2v) is 3.49. The minimum atomic E-state index is 0. The number of halogens is 2. The van der Waals surface area contributed by atoms with Crippen LogP contribution in [0.3, 0.4) is 0 Å². The summed E-state index contributed by atoms with van der Waals surface area (Å²) in [6.45, 7) is 3.74. The van der Waals surface area contributed by atoms with E-state index < -0.39 is 0 Å². The summed E-state index contributed by atoms with van der Waals surface area (Å²) in [5.74, 6) is 0. The van der Waals surface area contributed by atoms with Crippen LogP contribution in [-0.4, -0.2) is 30.1 Å². The Morgan fingerprint density at radius 2 is 1.73 bits per heavy atom. The molecule has 11 heavy (non-hydrogen) atoms. The van der Waals surface area contributed by atoms with Crippen molar-refractivity contribution in [2.24, 2.45) is 5.73 Å². The maximum atomic E-state index is 5.92. The first-order valence-corrected chi connectivity index (χ1v) is 3.80. The third-order valence-electron chi connectivity index (χ3n) is 2.38. The summed E-state index contributed by atoms with van der Waals surface area (Å²) in [4.78, 5) is 2.45. The molecule has 1 aliphatic heterocycles. The van der Waals surface area contributed by atoms with Crippen LogP contribution in [0.2, 0.25) is 0 Å². The van der Waals surface area contributed by atoms with Crippen LogP contribution in [-0.2, 0) is 0 Å². The van der Waals surface area contributed by atoms with Crippen molar-refractivity contribution < 1.29 is 0 Å². The SMILES string of the molecule is Cl.Cl.NC1(CN2CCC2)CC1. The first-order chi connectivity index (χ1) is 4.29. The molecule has 2 N–H and O–H groups in total. The average molecular weight is 199 g/mol. The van der Waals surface area contributed by atoms with E-state index in [2.05, 4.69) is 4.90 Å². The van der Waals surface area contributed by atoms with E-state index >= 15 is 0 Å². The highest BCUT2D eigenvalue weighted by atomic mass is 35.5. The van der Waals surface area contributed by atoms with Gasteiger partial charge in [0, 0.05) is 12.1 Å². The van der Waals surface area contributed by atoms with Crippen LogP contribution in [0.1, 0.15) is 19.3 Å². The van der Waals surface area contributed by atoms with Gasteiger partial charge in [-0.1, -0.05) is 0 Å². The van der Waals surface area contributed by atoms with Gasteiger partial charge in [0.2, 0.25) is 0 Å². The Bertz CT molecular complexity index is 122. The van der Waals surface area contributed by atoms with Gasteiger partial charge in [0.25, 0.3) is 0 Å². The zero-order valence-corrected chi connectivity index (χ0v) is 8.22. The van der Waals surface area contributed by atoms with Gasteiger partial charge in [-0.15, -0.1) is 24.8 Å². The van der Waals surface area contributed by atoms with Crippen molar-refractivity contribution in [1.82, 2.24) is 4.90 Å². The molecule has 0 amide bonds. The van der Waals surface area contributed by atoms with Crippen LogP contribution in [0.5, 0.6) is 0 Å². The predicted molar refractivity (Wildman–Crippen MR) is 51.7 cm³/mol. The quantitative estimate of drug-likeness (QED) is 0.719. The lowest BCUT2D eigenvalue weighted by molar-refractivity contribution is 0.165. The van der Waals surface area contributed by atoms with Crippen molar-refractivity contribution in [3.63, 3.8) is 0 Å². The molecule has 2 rings (SSSR count). The van der Waals surface area contributed by atoms with Crippen LogP contribution in [0.4, 0.5) is 0 Å². The highest BCUT2D eigenvalue weighted by Crippen LogP contribution is 2.33. The highest BCUT2D eigenvalue weighted by molar-refractivity contribution is 5.85. The minimum Gasteiger partial charge on any atom is -0.324 e. The van der Waals surface area contributed by atoms with E-state index in [4.69, 9.17) is 5.73 Å². The summed E-state index contributed by atoms with van der Waals surface area (Å²) >= 11 is 0. The molecule has 1 aliphatic carbocycles. The Labute approximate surface area is 80.3 Å². The van der Waals surface area contributed by atoms with Crippen LogP contribution in [0, 0.1) is 0 Å². The second kappa shape index (κ2) is 3.94. The monoisotopic (exact) mass is 198 g/mol. The fourth-order valence-corrected chi connectivity index (χ4v) is 1.30. The van der Waals surface area contributed by atoms with Crippen molar-refractivity contribution in [1.29, 1.82) is 0 Å². The molecule has 1 saturated carbocycles. The Balaban J connectivity index is 0.000000500. The van der Waals surface area contributed by atoms with Crippen LogP contribution in [0.25, 0.3) is 0 Å². The fourth-order valence-electron chi connectivity index (χ4n) is 1.30. The Morgan fingerprint density at radius 1 is 1.18 bits per heavy atom. The van der Waals surface area contributed by atoms with E-state index in [1.807, 2.05) is 0 Å². The molecule has 68 valence electrons. The zero-order valence-electron chi connectivity index (χ0n) is 6.58. The Kier molecular flexibility index (Phi) is 4.12. The van der Waals surface area contributed by atoms with E-state index in [1.165, 1.54) is 32.4 Å². The van der Waals surface area contributed by atoms with Gasteiger partial charge in [-0.2, -0.15) is 0 Å². The van der Waals surface area contributed by atoms with Crippen LogP contribution in [0.15, 0.2) is 0 Å². The van der Waals surface area contributed by atoms with Crippen molar-refractivity contribution >= 4 is 24.8 Å². The summed E-state index contributed by atoms with van der Waals surface area (Å²) in [7, 11) is 0. The number of nitrogens with zero attached hydrogens (tertiary/aromatic N) is 1. The molecule has 0 aromatic carbocycles. The molecule has 0 aromatic rings. The van der Waals surface area contributed by atoms with Gasteiger partial charge in [0.1, 0.15) is 0 Å². The van der Waals surface area contributed by atoms with Crippen molar-refractivity contribution in [2.45, 2.75) is 24.8 Å². The van der Waals surface area contributed by atoms with Crippen LogP contribution >= 0.6 is 24.8 Å². The summed E-state index contributed by atoms with van der Waals surface area (Å²) in [5.41, 5.74) is 6.17. The predicted octanol–water partition coefficient (Wildman–Crippen LogP) is 1.03. The Hall–Kier alpha value is 0.500. The van der Waals surface area contributed by atoms with Crippen LogP contribution < -0.4 is 5.73 Å². The fraction of sp³-hybridized carbons (Fsp3) is 1.00. The van der Waals surface area contributed by atoms with Gasteiger partial charge in [-0.25, -0.2) is 0 Å². The van der Waals surface area contributed by atoms with Gasteiger partial charge in [0.15, 0.2) is 0 Å². The highest BCUT2D eigenvalue weighted by Gasteiger charge is 2.40. The van der Waals surface area contributed by atoms with Gasteiger partial charge < -0.3 is 10.6 Å². The van der Waals surface area contributed by atoms with E-state index in [0.717, 1.165) is 6.54 Å². The third kappa shape index (κ3) is 2.79. The third-order valence-corrected chi connectivity index (χ3v) is 2.38. The molecule has 2 fully saturated rings. The molecule has 1 heterocycles. The molecule has 4 heteroatoms. The number of rotatable bonds is 2. The standard InChI is InChI=1S/C7H14N2.2ClH/c8-7(2-3-7)6-9-4-1-5-9;;/h1-6,8H2;2*1H. The first-order valence-electron chi connectivity index (χ1n) is 3.80. The van der Waals surface area contributed by atoms with Gasteiger partial charge in [-0.3, -0.25) is 0 Å². The van der Waals surface area contributed by atoms with E-state index in [1.54, 1.807) is 0 Å². The molecule has 0 unspecified atom stereocenters. The largest absolute Gasteiger partial charge is 0.324 e. The summed E-state index contributed by atoms with van der Waals surface area (Å²) in [6, 6.07) is 0. The number of hydrogen-bond acceptors (Lipinski definition) is 2. The molecule has 0 aromatic heterocycles. The van der Waals surface area contributed by atoms with E-state index in [-0.39, 0.29) is 30.4 Å². The molecule has 0 spiro atoms. The molecular formula is C7H16Cl2N2. The summed E-state index contributed by atoms with van der Waals surface area (Å²) < 4.78 is 0. The lowest BCUT2D eigenvalue weighted by Crippen LogP contribution is -2.46. The van der Waals surface area contributed by atoms with Gasteiger partial charge >= 0.3 is 0 Å². The molecular weight excluding hydrogens is 183 g/mol. The molecule has 2 nitrogen and oxygen atoms in total. The number of likely N-dealkylation sites (tertiary alicyclic amines) is 1. The number of nitrogens with two attached hydrogens (primary N) is 1. The average Bonchev–Trinajstić information content (AvgIpc) is 2.39. The van der Waals surface area contributed by atoms with Gasteiger partial charge in [-0.05, 0) is 32.4 Å². The maximum Gasteiger partial charge on any atom is 0.0284 e. The minimum absolute atomic E-state index is 0. The van der Waals surface area contributed by atoms with Crippen molar-refractivity contribution in [3.05, 3.63) is 0 Å². The summed E-state index contributed by atoms with van der Waals surface area (Å²) in [5, 5.41) is 0. The van der Waals surface area contributed by atoms with Crippen molar-refractivity contribution in [2.75, 3.05) is 19.6 Å². The molecule has 2 aliphatic rings. The lowest BCUT2D eigenvalue weighted by atomic mass is 10.1. The molecule has 0 bridgehead atoms. The lowest BCUT2D eigenvalue weighted by Gasteiger charge is -2.32. The second-order valence-electron chi connectivity index (χ2n) is 3.49. The van der Waals surface area contributed by atoms with Gasteiger partial charge in [0.05, 0.1) is 0 Å². The zero-order chi connectivity index (χ0) is 6.32. The maximum absolute atomic E-state index is 5.92. The normalized spacial score (nSPS) is 25.9. The summed E-state index contributed by atoms with van der Waals surface area (Å²) in [6.07, 6.45) is 3.89. The van der Waals surface area contributed by atoms with E-state index in [9.17, 15) is 0 Å². The number of hydrogen-bond donors (Lipinski definition) is 1. The van der Waals surface area contributed by atoms with E-state index in [0.29, 0.717) is 0 Å². The molecule has 1 saturated heterocycles. The first kappa shape index (κ1) is 11.5. The smallest absolute Gasteiger partial charge is 0.0284 e.